The molecular formula is C34H47N5O3. The summed E-state index contributed by atoms with van der Waals surface area (Å²) >= 11 is 0. The molecular weight excluding hydrogens is 526 g/mol. The Morgan fingerprint density at radius 3 is 2.64 bits per heavy atom. The number of carbonyl (C=O) groups excluding carboxylic acids is 2. The number of nitrogens with zero attached hydrogens (tertiary/aromatic N) is 3. The van der Waals surface area contributed by atoms with Crippen LogP contribution in [-0.2, 0) is 16.0 Å². The minimum atomic E-state index is -0.566. The maximum atomic E-state index is 13.6. The summed E-state index contributed by atoms with van der Waals surface area (Å²) in [5, 5.41) is 4.51. The molecule has 0 radical (unpaired) electrons. The third kappa shape index (κ3) is 7.16. The van der Waals surface area contributed by atoms with Gasteiger partial charge in [0.05, 0.1) is 23.7 Å². The van der Waals surface area contributed by atoms with Crippen molar-refractivity contribution in [3.05, 3.63) is 71.5 Å². The number of hydrogen-bond donors (Lipinski definition) is 2. The van der Waals surface area contributed by atoms with Gasteiger partial charge < -0.3 is 15.0 Å². The number of benzene rings is 2. The standard InChI is InChI=1S/C34H47N5O3/c1-3-19-37(20-8-12-26-11-5-4-10-25(26)2)31-17-16-27(23-30(31)36-33(40)32-15-9-22-42-32)34(41)39(35)29-18-21-38(24-29)28-13-6-7-14-28/h4-5,9-11,16-17,22-23,28-29,32H,3,6-8,12-15,18-21,24,35H2,1-2H3,(H,36,40). The van der Waals surface area contributed by atoms with Crippen molar-refractivity contribution in [1.29, 1.82) is 0 Å². The van der Waals surface area contributed by atoms with Gasteiger partial charge >= 0.3 is 0 Å². The first-order valence-corrected chi connectivity index (χ1v) is 15.8. The third-order valence-electron chi connectivity index (χ3n) is 9.12. The van der Waals surface area contributed by atoms with Crippen molar-refractivity contribution in [1.82, 2.24) is 9.91 Å². The summed E-state index contributed by atoms with van der Waals surface area (Å²) in [6.07, 6.45) is 12.3. The summed E-state index contributed by atoms with van der Waals surface area (Å²) in [5.41, 5.74) is 4.68. The van der Waals surface area contributed by atoms with Gasteiger partial charge in [0.2, 0.25) is 0 Å². The Labute approximate surface area is 250 Å². The van der Waals surface area contributed by atoms with Gasteiger partial charge in [0, 0.05) is 44.2 Å². The predicted molar refractivity (Wildman–Crippen MR) is 168 cm³/mol. The lowest BCUT2D eigenvalue weighted by molar-refractivity contribution is -0.123. The summed E-state index contributed by atoms with van der Waals surface area (Å²) < 4.78 is 5.49. The number of amides is 2. The number of aryl methyl sites for hydroxylation is 2. The molecule has 0 aromatic heterocycles. The zero-order chi connectivity index (χ0) is 29.5. The smallest absolute Gasteiger partial charge is 0.268 e. The zero-order valence-corrected chi connectivity index (χ0v) is 25.3. The molecule has 1 aliphatic carbocycles. The molecule has 2 aliphatic heterocycles. The highest BCUT2D eigenvalue weighted by molar-refractivity contribution is 6.01. The van der Waals surface area contributed by atoms with Crippen LogP contribution in [-0.4, -0.2) is 66.1 Å². The van der Waals surface area contributed by atoms with Crippen LogP contribution in [0.4, 0.5) is 11.4 Å². The number of hydrogen-bond acceptors (Lipinski definition) is 6. The maximum Gasteiger partial charge on any atom is 0.268 e. The molecule has 2 amide bonds. The molecule has 2 aromatic carbocycles. The third-order valence-corrected chi connectivity index (χ3v) is 9.12. The van der Waals surface area contributed by atoms with Crippen LogP contribution in [0, 0.1) is 6.92 Å². The molecule has 2 aromatic rings. The number of anilines is 2. The second-order valence-corrected chi connectivity index (χ2v) is 12.1. The predicted octanol–water partition coefficient (Wildman–Crippen LogP) is 5.42. The van der Waals surface area contributed by atoms with Crippen LogP contribution in [0.5, 0.6) is 0 Å². The van der Waals surface area contributed by atoms with Gasteiger partial charge in [-0.2, -0.15) is 0 Å². The molecule has 3 N–H and O–H groups in total. The molecule has 2 unspecified atom stereocenters. The van der Waals surface area contributed by atoms with E-state index in [0.717, 1.165) is 57.5 Å². The van der Waals surface area contributed by atoms with Gasteiger partial charge in [-0.15, -0.1) is 0 Å². The van der Waals surface area contributed by atoms with Gasteiger partial charge in [0.15, 0.2) is 6.10 Å². The lowest BCUT2D eigenvalue weighted by Gasteiger charge is -2.29. The lowest BCUT2D eigenvalue weighted by Crippen LogP contribution is -2.47. The number of ether oxygens (including phenoxy) is 1. The Balaban J connectivity index is 1.33. The van der Waals surface area contributed by atoms with E-state index in [4.69, 9.17) is 10.6 Å². The van der Waals surface area contributed by atoms with Gasteiger partial charge in [-0.3, -0.25) is 19.5 Å². The Bertz CT molecular complexity index is 1250. The highest BCUT2D eigenvalue weighted by Gasteiger charge is 2.34. The van der Waals surface area contributed by atoms with Crippen molar-refractivity contribution in [3.63, 3.8) is 0 Å². The largest absolute Gasteiger partial charge is 0.488 e. The molecule has 2 atom stereocenters. The fraction of sp³-hybridized carbons (Fsp3) is 0.529. The molecule has 8 nitrogen and oxygen atoms in total. The second kappa shape index (κ2) is 14.2. The Morgan fingerprint density at radius 1 is 1.10 bits per heavy atom. The van der Waals surface area contributed by atoms with Gasteiger partial charge in [0.25, 0.3) is 11.8 Å². The van der Waals surface area contributed by atoms with Crippen molar-refractivity contribution >= 4 is 23.2 Å². The molecule has 0 bridgehead atoms. The second-order valence-electron chi connectivity index (χ2n) is 12.1. The quantitative estimate of drug-likeness (QED) is 0.200. The lowest BCUT2D eigenvalue weighted by atomic mass is 10.0. The summed E-state index contributed by atoms with van der Waals surface area (Å²) in [7, 11) is 0. The minimum Gasteiger partial charge on any atom is -0.488 e. The first kappa shape index (κ1) is 30.1. The van der Waals surface area contributed by atoms with E-state index in [1.54, 1.807) is 12.3 Å². The monoisotopic (exact) mass is 573 g/mol. The summed E-state index contributed by atoms with van der Waals surface area (Å²) in [4.78, 5) is 31.6. The summed E-state index contributed by atoms with van der Waals surface area (Å²) in [5.74, 6) is 6.05. The van der Waals surface area contributed by atoms with Crippen molar-refractivity contribution in [2.45, 2.75) is 89.8 Å². The highest BCUT2D eigenvalue weighted by atomic mass is 16.5. The number of likely N-dealkylation sites (tertiary alicyclic amines) is 1. The van der Waals surface area contributed by atoms with E-state index < -0.39 is 6.10 Å². The van der Waals surface area contributed by atoms with E-state index in [2.05, 4.69) is 53.2 Å². The van der Waals surface area contributed by atoms with E-state index in [9.17, 15) is 9.59 Å². The zero-order valence-electron chi connectivity index (χ0n) is 25.3. The highest BCUT2D eigenvalue weighted by Crippen LogP contribution is 2.31. The van der Waals surface area contributed by atoms with E-state index in [-0.39, 0.29) is 17.9 Å². The number of nitrogens with two attached hydrogens (primary N) is 1. The van der Waals surface area contributed by atoms with Crippen molar-refractivity contribution < 1.29 is 14.3 Å². The molecule has 2 heterocycles. The molecule has 226 valence electrons. The topological polar surface area (TPSA) is 91.1 Å². The summed E-state index contributed by atoms with van der Waals surface area (Å²) in [6, 6.07) is 14.7. The normalized spacial score (nSPS) is 20.5. The van der Waals surface area contributed by atoms with E-state index in [1.165, 1.54) is 41.8 Å². The number of hydrazine groups is 1. The van der Waals surface area contributed by atoms with Crippen molar-refractivity contribution in [3.8, 4) is 0 Å². The van der Waals surface area contributed by atoms with E-state index in [1.807, 2.05) is 18.2 Å². The van der Waals surface area contributed by atoms with E-state index >= 15 is 0 Å². The van der Waals surface area contributed by atoms with Crippen LogP contribution < -0.4 is 16.1 Å². The molecule has 8 heteroatoms. The molecule has 3 aliphatic rings. The SMILES string of the molecule is CCCN(CCCc1ccccc1C)c1ccc(C(=O)N(N)C2CCN(C3CCCC3)C2)cc1NC(=O)C1CC=CO1. The Morgan fingerprint density at radius 2 is 1.90 bits per heavy atom. The minimum absolute atomic E-state index is 0.00758. The van der Waals surface area contributed by atoms with Gasteiger partial charge in [-0.1, -0.05) is 44.0 Å². The van der Waals surface area contributed by atoms with Crippen LogP contribution in [0.15, 0.2) is 54.8 Å². The fourth-order valence-electron chi connectivity index (χ4n) is 6.70. The van der Waals surface area contributed by atoms with Crippen LogP contribution in [0.3, 0.4) is 0 Å². The number of carbonyl (C=O) groups is 2. The average molecular weight is 574 g/mol. The van der Waals surface area contributed by atoms with Crippen molar-refractivity contribution in [2.24, 2.45) is 5.84 Å². The van der Waals surface area contributed by atoms with Crippen LogP contribution in [0.1, 0.15) is 79.8 Å². The fourth-order valence-corrected chi connectivity index (χ4v) is 6.70. The molecule has 1 saturated heterocycles. The Kier molecular flexibility index (Phi) is 10.2. The first-order valence-electron chi connectivity index (χ1n) is 15.8. The van der Waals surface area contributed by atoms with Crippen LogP contribution in [0.25, 0.3) is 0 Å². The van der Waals surface area contributed by atoms with Gasteiger partial charge in [-0.25, -0.2) is 5.84 Å². The number of nitrogens with one attached hydrogen (secondary N) is 1. The molecule has 5 rings (SSSR count). The average Bonchev–Trinajstić information content (AvgIpc) is 3.80. The molecule has 42 heavy (non-hydrogen) atoms. The van der Waals surface area contributed by atoms with Crippen molar-refractivity contribution in [2.75, 3.05) is 36.4 Å². The Hall–Kier alpha value is -3.36. The summed E-state index contributed by atoms with van der Waals surface area (Å²) in [6.45, 7) is 7.80. The molecule has 1 saturated carbocycles. The molecule has 2 fully saturated rings. The van der Waals surface area contributed by atoms with E-state index in [0.29, 0.717) is 23.7 Å². The first-order chi connectivity index (χ1) is 20.4. The van der Waals surface area contributed by atoms with Gasteiger partial charge in [-0.05, 0) is 80.9 Å². The molecule has 0 spiro atoms. The van der Waals surface area contributed by atoms with Crippen LogP contribution in [0.2, 0.25) is 0 Å². The number of rotatable bonds is 12. The van der Waals surface area contributed by atoms with Gasteiger partial charge in [0.1, 0.15) is 0 Å². The maximum absolute atomic E-state index is 13.6. The van der Waals surface area contributed by atoms with Crippen LogP contribution >= 0.6 is 0 Å².